The van der Waals surface area contributed by atoms with Gasteiger partial charge in [-0.25, -0.2) is 0 Å². The van der Waals surface area contributed by atoms with Crippen molar-refractivity contribution >= 4 is 23.4 Å². The van der Waals surface area contributed by atoms with Crippen LogP contribution in [0.1, 0.15) is 19.4 Å². The van der Waals surface area contributed by atoms with Crippen molar-refractivity contribution in [2.75, 3.05) is 11.9 Å². The van der Waals surface area contributed by atoms with Gasteiger partial charge in [0, 0.05) is 11.3 Å². The molecule has 0 bridgehead atoms. The maximum absolute atomic E-state index is 12.9. The minimum Gasteiger partial charge on any atom is -0.494 e. The number of rotatable bonds is 9. The lowest BCUT2D eigenvalue weighted by Gasteiger charge is -2.14. The van der Waals surface area contributed by atoms with Gasteiger partial charge in [0.05, 0.1) is 18.4 Å². The van der Waals surface area contributed by atoms with Crippen LogP contribution in [0, 0.1) is 0 Å². The number of nitrogens with zero attached hydrogens (tertiary/aromatic N) is 3. The first-order valence-electron chi connectivity index (χ1n) is 10.9. The third-order valence-corrected chi connectivity index (χ3v) is 6.10. The summed E-state index contributed by atoms with van der Waals surface area (Å²) in [5.74, 6) is 1.46. The summed E-state index contributed by atoms with van der Waals surface area (Å²) in [5, 5.41) is 12.2. The SMILES string of the molecule is CCOc1ccc(NC(=O)[C@@H](C)Sc2nnc(-c3ccccc3)n2Cc2ccccc2)cc1. The Morgan fingerprint density at radius 3 is 2.30 bits per heavy atom. The predicted molar refractivity (Wildman–Crippen MR) is 133 cm³/mol. The van der Waals surface area contributed by atoms with Crippen molar-refractivity contribution < 1.29 is 9.53 Å². The fraction of sp³-hybridized carbons (Fsp3) is 0.192. The maximum Gasteiger partial charge on any atom is 0.237 e. The summed E-state index contributed by atoms with van der Waals surface area (Å²) in [5.41, 5.74) is 2.86. The second kappa shape index (κ2) is 10.8. The van der Waals surface area contributed by atoms with E-state index in [0.717, 1.165) is 28.4 Å². The predicted octanol–water partition coefficient (Wildman–Crippen LogP) is 5.51. The molecule has 6 nitrogen and oxygen atoms in total. The van der Waals surface area contributed by atoms with Gasteiger partial charge in [-0.2, -0.15) is 0 Å². The molecule has 0 spiro atoms. The Morgan fingerprint density at radius 1 is 0.970 bits per heavy atom. The molecule has 0 aliphatic heterocycles. The monoisotopic (exact) mass is 458 g/mol. The zero-order valence-electron chi connectivity index (χ0n) is 18.6. The van der Waals surface area contributed by atoms with Crippen molar-refractivity contribution in [2.24, 2.45) is 0 Å². The van der Waals surface area contributed by atoms with Crippen LogP contribution in [0.2, 0.25) is 0 Å². The van der Waals surface area contributed by atoms with Crippen LogP contribution in [0.3, 0.4) is 0 Å². The van der Waals surface area contributed by atoms with Gasteiger partial charge in [-0.15, -0.1) is 10.2 Å². The number of nitrogens with one attached hydrogen (secondary N) is 1. The van der Waals surface area contributed by atoms with Gasteiger partial charge in [-0.1, -0.05) is 72.4 Å². The van der Waals surface area contributed by atoms with Crippen LogP contribution >= 0.6 is 11.8 Å². The maximum atomic E-state index is 12.9. The smallest absolute Gasteiger partial charge is 0.237 e. The molecule has 1 atom stereocenters. The fourth-order valence-electron chi connectivity index (χ4n) is 3.34. The summed E-state index contributed by atoms with van der Waals surface area (Å²) in [7, 11) is 0. The van der Waals surface area contributed by atoms with Crippen molar-refractivity contribution in [2.45, 2.75) is 30.8 Å². The molecular weight excluding hydrogens is 432 g/mol. The molecule has 0 aliphatic carbocycles. The van der Waals surface area contributed by atoms with E-state index in [0.29, 0.717) is 18.3 Å². The molecule has 7 heteroatoms. The summed E-state index contributed by atoms with van der Waals surface area (Å²) in [4.78, 5) is 12.9. The highest BCUT2D eigenvalue weighted by Crippen LogP contribution is 2.28. The van der Waals surface area contributed by atoms with Gasteiger partial charge in [0.2, 0.25) is 5.91 Å². The first-order chi connectivity index (χ1) is 16.1. The number of anilines is 1. The molecule has 0 unspecified atom stereocenters. The molecule has 1 N–H and O–H groups in total. The Morgan fingerprint density at radius 2 is 1.64 bits per heavy atom. The number of amides is 1. The van der Waals surface area contributed by atoms with Gasteiger partial charge < -0.3 is 10.1 Å². The van der Waals surface area contributed by atoms with E-state index in [1.807, 2.05) is 86.6 Å². The zero-order chi connectivity index (χ0) is 23.0. The number of hydrogen-bond acceptors (Lipinski definition) is 5. The Bertz CT molecular complexity index is 1180. The van der Waals surface area contributed by atoms with E-state index in [4.69, 9.17) is 4.74 Å². The molecule has 33 heavy (non-hydrogen) atoms. The van der Waals surface area contributed by atoms with Gasteiger partial charge in [-0.05, 0) is 43.7 Å². The molecule has 4 rings (SSSR count). The second-order valence-corrected chi connectivity index (χ2v) is 8.76. The molecule has 1 aromatic heterocycles. The van der Waals surface area contributed by atoms with Gasteiger partial charge >= 0.3 is 0 Å². The van der Waals surface area contributed by atoms with Crippen LogP contribution < -0.4 is 10.1 Å². The number of carbonyl (C=O) groups excluding carboxylic acids is 1. The third kappa shape index (κ3) is 5.81. The molecule has 4 aromatic rings. The number of thioether (sulfide) groups is 1. The number of hydrogen-bond donors (Lipinski definition) is 1. The summed E-state index contributed by atoms with van der Waals surface area (Å²) in [6, 6.07) is 27.5. The first-order valence-corrected chi connectivity index (χ1v) is 11.7. The van der Waals surface area contributed by atoms with E-state index in [2.05, 4.69) is 32.2 Å². The summed E-state index contributed by atoms with van der Waals surface area (Å²) in [6.07, 6.45) is 0. The lowest BCUT2D eigenvalue weighted by molar-refractivity contribution is -0.115. The number of ether oxygens (including phenoxy) is 1. The van der Waals surface area contributed by atoms with Gasteiger partial charge in [0.1, 0.15) is 5.75 Å². The summed E-state index contributed by atoms with van der Waals surface area (Å²) in [6.45, 7) is 5.04. The van der Waals surface area contributed by atoms with E-state index in [-0.39, 0.29) is 11.2 Å². The Kier molecular flexibility index (Phi) is 7.42. The molecular formula is C26H26N4O2S. The highest BCUT2D eigenvalue weighted by molar-refractivity contribution is 8.00. The molecule has 0 fully saturated rings. The standard InChI is InChI=1S/C26H26N4O2S/c1-3-32-23-16-14-22(15-17-23)27-25(31)19(2)33-26-29-28-24(21-12-8-5-9-13-21)30(26)18-20-10-6-4-7-11-20/h4-17,19H,3,18H2,1-2H3,(H,27,31)/t19-/m1/s1. The quantitative estimate of drug-likeness (QED) is 0.335. The highest BCUT2D eigenvalue weighted by Gasteiger charge is 2.21. The number of aromatic nitrogens is 3. The summed E-state index contributed by atoms with van der Waals surface area (Å²) >= 11 is 1.40. The average Bonchev–Trinajstić information content (AvgIpc) is 3.23. The molecule has 0 radical (unpaired) electrons. The van der Waals surface area contributed by atoms with Gasteiger partial charge in [0.25, 0.3) is 0 Å². The van der Waals surface area contributed by atoms with Crippen LogP contribution in [0.5, 0.6) is 5.75 Å². The molecule has 0 saturated carbocycles. The highest BCUT2D eigenvalue weighted by atomic mass is 32.2. The minimum absolute atomic E-state index is 0.0975. The van der Waals surface area contributed by atoms with Crippen LogP contribution in [-0.4, -0.2) is 32.5 Å². The Hall–Kier alpha value is -3.58. The number of benzene rings is 3. The second-order valence-electron chi connectivity index (χ2n) is 7.45. The van der Waals surface area contributed by atoms with Crippen LogP contribution in [0.15, 0.2) is 90.1 Å². The first kappa shape index (κ1) is 22.6. The van der Waals surface area contributed by atoms with Crippen LogP contribution in [0.4, 0.5) is 5.69 Å². The van der Waals surface area contributed by atoms with Crippen LogP contribution in [0.25, 0.3) is 11.4 Å². The van der Waals surface area contributed by atoms with E-state index in [9.17, 15) is 4.79 Å². The van der Waals surface area contributed by atoms with Crippen molar-refractivity contribution in [3.8, 4) is 17.1 Å². The van der Waals surface area contributed by atoms with E-state index in [1.165, 1.54) is 11.8 Å². The average molecular weight is 459 g/mol. The molecule has 1 amide bonds. The molecule has 1 heterocycles. The van der Waals surface area contributed by atoms with Crippen molar-refractivity contribution in [1.29, 1.82) is 0 Å². The minimum atomic E-state index is -0.362. The van der Waals surface area contributed by atoms with Crippen LogP contribution in [-0.2, 0) is 11.3 Å². The normalized spacial score (nSPS) is 11.7. The third-order valence-electron chi connectivity index (χ3n) is 5.02. The molecule has 0 aliphatic rings. The van der Waals surface area contributed by atoms with E-state index in [1.54, 1.807) is 0 Å². The van der Waals surface area contributed by atoms with E-state index >= 15 is 0 Å². The van der Waals surface area contributed by atoms with Crippen molar-refractivity contribution in [3.05, 3.63) is 90.5 Å². The molecule has 168 valence electrons. The lowest BCUT2D eigenvalue weighted by atomic mass is 10.2. The Balaban J connectivity index is 1.52. The van der Waals surface area contributed by atoms with Crippen molar-refractivity contribution in [3.63, 3.8) is 0 Å². The number of carbonyl (C=O) groups is 1. The zero-order valence-corrected chi connectivity index (χ0v) is 19.5. The van der Waals surface area contributed by atoms with E-state index < -0.39 is 0 Å². The van der Waals surface area contributed by atoms with Gasteiger partial charge in [0.15, 0.2) is 11.0 Å². The summed E-state index contributed by atoms with van der Waals surface area (Å²) < 4.78 is 7.52. The lowest BCUT2D eigenvalue weighted by Crippen LogP contribution is -2.23. The van der Waals surface area contributed by atoms with Crippen molar-refractivity contribution in [1.82, 2.24) is 14.8 Å². The van der Waals surface area contributed by atoms with Gasteiger partial charge in [-0.3, -0.25) is 9.36 Å². The molecule has 3 aromatic carbocycles. The molecule has 0 saturated heterocycles. The topological polar surface area (TPSA) is 69.0 Å². The Labute approximate surface area is 198 Å². The largest absolute Gasteiger partial charge is 0.494 e. The fourth-order valence-corrected chi connectivity index (χ4v) is 4.19.